The van der Waals surface area contributed by atoms with E-state index in [1.165, 1.54) is 37.9 Å². The van der Waals surface area contributed by atoms with Gasteiger partial charge in [-0.1, -0.05) is 39.8 Å². The molecular formula is C30H59N7O14P2. The number of aromatic nitrogens is 3. The van der Waals surface area contributed by atoms with Crippen LogP contribution in [0.2, 0.25) is 0 Å². The maximum atomic E-state index is 13.2. The molecule has 0 saturated heterocycles. The first-order valence-electron chi connectivity index (χ1n) is 16.9. The zero-order valence-electron chi connectivity index (χ0n) is 32.1. The van der Waals surface area contributed by atoms with Crippen LogP contribution in [-0.4, -0.2) is 114 Å². The van der Waals surface area contributed by atoms with Crippen LogP contribution in [0.25, 0.3) is 0 Å². The topological polar surface area (TPSA) is 302 Å². The molecule has 0 aromatic carbocycles. The highest BCUT2D eigenvalue weighted by molar-refractivity contribution is 7.54. The number of hydroxylamine groups is 1. The largest absolute Gasteiger partial charge is 0.472 e. The molecule has 0 radical (unpaired) electrons. The monoisotopic (exact) mass is 803 g/mol. The quantitative estimate of drug-likeness (QED) is 0.0301. The number of rotatable bonds is 24. The molecule has 0 bridgehead atoms. The zero-order valence-corrected chi connectivity index (χ0v) is 33.8. The van der Waals surface area contributed by atoms with E-state index in [0.717, 1.165) is 7.11 Å². The smallest absolute Gasteiger partial charge is 0.382 e. The lowest BCUT2D eigenvalue weighted by molar-refractivity contribution is -0.147. The SMILES string of the molecule is COP(=O)(O)OC(C)(C)CCOC(C)(C)P(=O)(O)OC(O)CNCc1cn(CCNC(=O)C(NC(=O)C(CC(C)C)C(O)C(=O)NO)C(C)(C)C)nn1. The normalized spacial score (nSPS) is 17.3. The van der Waals surface area contributed by atoms with Crippen molar-refractivity contribution in [1.82, 2.24) is 36.4 Å². The first-order chi connectivity index (χ1) is 24.2. The number of ether oxygens (including phenoxy) is 1. The minimum absolute atomic E-state index is 0.0525. The maximum absolute atomic E-state index is 13.2. The molecule has 308 valence electrons. The Kier molecular flexibility index (Phi) is 18.8. The minimum atomic E-state index is -4.56. The Balaban J connectivity index is 2.66. The molecule has 6 atom stereocenters. The first-order valence-corrected chi connectivity index (χ1v) is 20.0. The van der Waals surface area contributed by atoms with Gasteiger partial charge in [0.15, 0.2) is 11.6 Å². The van der Waals surface area contributed by atoms with Crippen LogP contribution in [0.15, 0.2) is 6.20 Å². The molecule has 21 nitrogen and oxygen atoms in total. The molecule has 53 heavy (non-hydrogen) atoms. The van der Waals surface area contributed by atoms with Crippen LogP contribution in [0, 0.1) is 17.3 Å². The number of carbonyl (C=O) groups is 3. The average molecular weight is 804 g/mol. The van der Waals surface area contributed by atoms with Crippen molar-refractivity contribution in [2.45, 2.75) is 118 Å². The number of amides is 3. The highest BCUT2D eigenvalue weighted by Gasteiger charge is 2.44. The molecular weight excluding hydrogens is 744 g/mol. The fourth-order valence-electron chi connectivity index (χ4n) is 4.66. The van der Waals surface area contributed by atoms with E-state index in [1.807, 2.05) is 0 Å². The van der Waals surface area contributed by atoms with Gasteiger partial charge in [-0.2, -0.15) is 0 Å². The molecule has 0 aliphatic rings. The number of hydrogen-bond donors (Lipinski definition) is 9. The maximum Gasteiger partial charge on any atom is 0.472 e. The van der Waals surface area contributed by atoms with Gasteiger partial charge in [0.1, 0.15) is 12.1 Å². The standard InChI is InChI=1S/C30H59N7O14P2/c1-19(2)15-21(23(39)26(41)35-43)25(40)33-24(28(3,4)5)27(42)32-12-13-37-18-20(34-36-37)16-31-17-22(38)50-52(44,45)30(8,9)49-14-11-29(6,7)51-53(46,47)48-10/h18-19,21-24,31,38-39,43H,11-17H2,1-10H3,(H,32,42)(H,33,40)(H,35,41)(H,44,45)(H,46,47). The summed E-state index contributed by atoms with van der Waals surface area (Å²) in [6.07, 6.45) is -1.80. The third-order valence-electron chi connectivity index (χ3n) is 7.79. The highest BCUT2D eigenvalue weighted by Crippen LogP contribution is 2.56. The summed E-state index contributed by atoms with van der Waals surface area (Å²) in [5.41, 5.74) is -0.145. The van der Waals surface area contributed by atoms with E-state index in [0.29, 0.717) is 5.69 Å². The first kappa shape index (κ1) is 48.6. The average Bonchev–Trinajstić information content (AvgIpc) is 3.47. The van der Waals surface area contributed by atoms with Crippen molar-refractivity contribution in [3.8, 4) is 0 Å². The van der Waals surface area contributed by atoms with Gasteiger partial charge < -0.3 is 40.7 Å². The lowest BCUT2D eigenvalue weighted by atomic mass is 9.84. The van der Waals surface area contributed by atoms with Crippen LogP contribution in [0.1, 0.15) is 80.8 Å². The Hall–Kier alpha value is -2.39. The molecule has 1 heterocycles. The Morgan fingerprint density at radius 3 is 2.17 bits per heavy atom. The molecule has 23 heteroatoms. The Morgan fingerprint density at radius 2 is 1.62 bits per heavy atom. The summed E-state index contributed by atoms with van der Waals surface area (Å²) < 4.78 is 46.1. The van der Waals surface area contributed by atoms with Gasteiger partial charge in [0.05, 0.1) is 30.4 Å². The Bertz CT molecular complexity index is 1440. The van der Waals surface area contributed by atoms with Gasteiger partial charge in [0.2, 0.25) is 11.8 Å². The number of carbonyl (C=O) groups excluding carboxylic acids is 3. The Labute approximate surface area is 310 Å². The van der Waals surface area contributed by atoms with E-state index in [-0.39, 0.29) is 51.5 Å². The number of phosphoric ester groups is 1. The molecule has 0 aliphatic heterocycles. The van der Waals surface area contributed by atoms with E-state index in [2.05, 4.69) is 30.8 Å². The number of aliphatic hydroxyl groups is 2. The zero-order chi connectivity index (χ0) is 41.0. The minimum Gasteiger partial charge on any atom is -0.382 e. The predicted molar refractivity (Wildman–Crippen MR) is 189 cm³/mol. The number of aliphatic hydroxyl groups excluding tert-OH is 2. The number of nitrogens with one attached hydrogen (secondary N) is 4. The molecule has 9 N–H and O–H groups in total. The summed E-state index contributed by atoms with van der Waals surface area (Å²) >= 11 is 0. The molecule has 0 spiro atoms. The molecule has 0 saturated carbocycles. The number of phosphoric acid groups is 1. The van der Waals surface area contributed by atoms with Crippen LogP contribution in [0.3, 0.4) is 0 Å². The van der Waals surface area contributed by atoms with Gasteiger partial charge >= 0.3 is 15.4 Å². The van der Waals surface area contributed by atoms with Gasteiger partial charge in [0, 0.05) is 32.9 Å². The summed E-state index contributed by atoms with van der Waals surface area (Å²) in [5.74, 6) is -3.67. The van der Waals surface area contributed by atoms with Crippen molar-refractivity contribution < 1.29 is 67.0 Å². The van der Waals surface area contributed by atoms with Crippen molar-refractivity contribution in [3.63, 3.8) is 0 Å². The summed E-state index contributed by atoms with van der Waals surface area (Å²) in [6, 6.07) is -1.04. The van der Waals surface area contributed by atoms with Crippen molar-refractivity contribution >= 4 is 33.1 Å². The van der Waals surface area contributed by atoms with Gasteiger partial charge in [-0.15, -0.1) is 5.10 Å². The van der Waals surface area contributed by atoms with Crippen molar-refractivity contribution in [2.24, 2.45) is 17.3 Å². The Morgan fingerprint density at radius 1 is 1.00 bits per heavy atom. The second-order valence-corrected chi connectivity index (χ2v) is 18.8. The van der Waals surface area contributed by atoms with Crippen LogP contribution in [0.5, 0.6) is 0 Å². The predicted octanol–water partition coefficient (Wildman–Crippen LogP) is 0.749. The van der Waals surface area contributed by atoms with Crippen LogP contribution >= 0.6 is 15.4 Å². The number of hydrogen-bond acceptors (Lipinski definition) is 15. The molecule has 1 aromatic rings. The third kappa shape index (κ3) is 16.9. The van der Waals surface area contributed by atoms with Crippen LogP contribution < -0.4 is 21.4 Å². The van der Waals surface area contributed by atoms with E-state index in [4.69, 9.17) is 19.0 Å². The van der Waals surface area contributed by atoms with Crippen LogP contribution in [0.4, 0.5) is 0 Å². The fraction of sp³-hybridized carbons (Fsp3) is 0.833. The van der Waals surface area contributed by atoms with E-state index in [1.54, 1.807) is 40.8 Å². The van der Waals surface area contributed by atoms with Gasteiger partial charge in [-0.25, -0.2) is 10.0 Å². The van der Waals surface area contributed by atoms with Crippen LogP contribution in [-0.2, 0) is 54.9 Å². The van der Waals surface area contributed by atoms with Gasteiger partial charge in [-0.05, 0) is 51.9 Å². The van der Waals surface area contributed by atoms with E-state index < -0.39 is 73.9 Å². The van der Waals surface area contributed by atoms with E-state index in [9.17, 15) is 43.5 Å². The second kappa shape index (κ2) is 20.5. The molecule has 1 rings (SSSR count). The lowest BCUT2D eigenvalue weighted by Crippen LogP contribution is -2.57. The highest BCUT2D eigenvalue weighted by atomic mass is 31.2. The number of nitrogens with zero attached hydrogens (tertiary/aromatic N) is 3. The molecule has 0 fully saturated rings. The molecule has 1 aromatic heterocycles. The molecule has 0 aliphatic carbocycles. The van der Waals surface area contributed by atoms with Crippen molar-refractivity contribution in [1.29, 1.82) is 0 Å². The lowest BCUT2D eigenvalue weighted by Gasteiger charge is -2.33. The van der Waals surface area contributed by atoms with Gasteiger partial charge in [0.25, 0.3) is 5.91 Å². The molecule has 3 amide bonds. The second-order valence-electron chi connectivity index (χ2n) is 15.0. The third-order valence-corrected chi connectivity index (χ3v) is 11.0. The summed E-state index contributed by atoms with van der Waals surface area (Å²) in [7, 11) is -7.82. The fourth-order valence-corrected chi connectivity index (χ4v) is 6.36. The summed E-state index contributed by atoms with van der Waals surface area (Å²) in [4.78, 5) is 58.2. The van der Waals surface area contributed by atoms with Crippen molar-refractivity contribution in [2.75, 3.05) is 26.8 Å². The summed E-state index contributed by atoms with van der Waals surface area (Å²) in [5, 5.41) is 44.0. The van der Waals surface area contributed by atoms with Gasteiger partial charge in [-0.3, -0.25) is 42.4 Å². The summed E-state index contributed by atoms with van der Waals surface area (Å²) in [6.45, 7) is 14.4. The van der Waals surface area contributed by atoms with Crippen molar-refractivity contribution in [3.05, 3.63) is 11.9 Å². The van der Waals surface area contributed by atoms with E-state index >= 15 is 0 Å². The molecule has 6 unspecified atom stereocenters.